The Hall–Kier alpha value is -3.71. The molecule has 176 valence electrons. The minimum Gasteiger partial charge on any atom is -0.508 e. The number of rotatable bonds is 12. The second kappa shape index (κ2) is 12.2. The fourth-order valence-electron chi connectivity index (χ4n) is 2.54. The molecule has 13 nitrogen and oxygen atoms in total. The lowest BCUT2D eigenvalue weighted by atomic mass is 10.0. The van der Waals surface area contributed by atoms with Crippen LogP contribution in [0.15, 0.2) is 24.3 Å². The maximum atomic E-state index is 12.3. The monoisotopic (exact) mass is 454 g/mol. The summed E-state index contributed by atoms with van der Waals surface area (Å²) < 4.78 is 0. The summed E-state index contributed by atoms with van der Waals surface area (Å²) in [7, 11) is 0. The number of aliphatic hydroxyl groups is 1. The highest BCUT2D eigenvalue weighted by molar-refractivity contribution is 5.93. The Kier molecular flexibility index (Phi) is 10.1. The van der Waals surface area contributed by atoms with Gasteiger partial charge in [-0.1, -0.05) is 12.1 Å². The molecule has 0 fully saturated rings. The summed E-state index contributed by atoms with van der Waals surface area (Å²) in [5.74, 6) is -5.64. The van der Waals surface area contributed by atoms with E-state index >= 15 is 0 Å². The molecule has 0 saturated heterocycles. The van der Waals surface area contributed by atoms with Crippen LogP contribution in [-0.2, 0) is 30.4 Å². The summed E-state index contributed by atoms with van der Waals surface area (Å²) in [6.07, 6.45) is -2.13. The zero-order chi connectivity index (χ0) is 24.4. The van der Waals surface area contributed by atoms with E-state index in [4.69, 9.17) is 15.9 Å². The number of phenols is 1. The Morgan fingerprint density at radius 2 is 1.59 bits per heavy atom. The maximum absolute atomic E-state index is 12.3. The van der Waals surface area contributed by atoms with Crippen molar-refractivity contribution < 1.29 is 44.4 Å². The summed E-state index contributed by atoms with van der Waals surface area (Å²) >= 11 is 0. The van der Waals surface area contributed by atoms with Crippen LogP contribution in [0.5, 0.6) is 5.75 Å². The number of carboxylic acid groups (broad SMARTS) is 2. The summed E-state index contributed by atoms with van der Waals surface area (Å²) in [6, 6.07) is 1.73. The van der Waals surface area contributed by atoms with Gasteiger partial charge >= 0.3 is 11.9 Å². The summed E-state index contributed by atoms with van der Waals surface area (Å²) in [5.41, 5.74) is 6.47. The van der Waals surface area contributed by atoms with Gasteiger partial charge in [-0.15, -0.1) is 0 Å². The third-order valence-corrected chi connectivity index (χ3v) is 4.23. The van der Waals surface area contributed by atoms with E-state index in [1.807, 2.05) is 5.32 Å². The maximum Gasteiger partial charge on any atom is 0.326 e. The van der Waals surface area contributed by atoms with Crippen molar-refractivity contribution >= 4 is 29.7 Å². The Balaban J connectivity index is 2.64. The van der Waals surface area contributed by atoms with Crippen LogP contribution in [0.4, 0.5) is 0 Å². The van der Waals surface area contributed by atoms with Gasteiger partial charge in [-0.25, -0.2) is 4.79 Å². The SMILES string of the molecule is CC(O)C(NC(=O)C(N)Cc1ccc(O)cc1)C(=O)NCC(=O)NC(CC(=O)O)C(=O)O. The second-order valence-corrected chi connectivity index (χ2v) is 6.98. The molecule has 0 bridgehead atoms. The fraction of sp³-hybridized carbons (Fsp3) is 0.421. The molecule has 0 aliphatic heterocycles. The molecule has 0 saturated carbocycles. The number of carbonyl (C=O) groups excluding carboxylic acids is 3. The minimum absolute atomic E-state index is 0.0410. The Labute approximate surface area is 182 Å². The average Bonchev–Trinajstić information content (AvgIpc) is 2.70. The van der Waals surface area contributed by atoms with Crippen LogP contribution in [0.3, 0.4) is 0 Å². The van der Waals surface area contributed by atoms with Gasteiger partial charge in [-0.3, -0.25) is 19.2 Å². The molecule has 0 heterocycles. The van der Waals surface area contributed by atoms with E-state index in [2.05, 4.69) is 10.6 Å². The van der Waals surface area contributed by atoms with Crippen LogP contribution in [0, 0.1) is 0 Å². The summed E-state index contributed by atoms with van der Waals surface area (Å²) in [4.78, 5) is 58.0. The summed E-state index contributed by atoms with van der Waals surface area (Å²) in [5, 5.41) is 43.0. The normalized spacial score (nSPS) is 14.3. The van der Waals surface area contributed by atoms with Crippen LogP contribution in [0.1, 0.15) is 18.9 Å². The molecule has 0 aliphatic rings. The van der Waals surface area contributed by atoms with Gasteiger partial charge < -0.3 is 42.1 Å². The molecule has 32 heavy (non-hydrogen) atoms. The first kappa shape index (κ1) is 26.3. The third-order valence-electron chi connectivity index (χ3n) is 4.23. The van der Waals surface area contributed by atoms with E-state index in [0.717, 1.165) is 0 Å². The zero-order valence-corrected chi connectivity index (χ0v) is 17.1. The molecule has 1 aromatic carbocycles. The fourth-order valence-corrected chi connectivity index (χ4v) is 2.54. The lowest BCUT2D eigenvalue weighted by molar-refractivity contribution is -0.147. The molecular formula is C19H26N4O9. The first-order valence-electron chi connectivity index (χ1n) is 9.44. The highest BCUT2D eigenvalue weighted by Gasteiger charge is 2.29. The number of hydrogen-bond donors (Lipinski definition) is 8. The van der Waals surface area contributed by atoms with E-state index in [9.17, 15) is 34.2 Å². The number of amides is 3. The van der Waals surface area contributed by atoms with E-state index in [1.54, 1.807) is 12.1 Å². The highest BCUT2D eigenvalue weighted by atomic mass is 16.4. The van der Waals surface area contributed by atoms with Crippen molar-refractivity contribution in [2.24, 2.45) is 5.73 Å². The van der Waals surface area contributed by atoms with Crippen molar-refractivity contribution in [3.05, 3.63) is 29.8 Å². The van der Waals surface area contributed by atoms with Crippen LogP contribution in [0.25, 0.3) is 0 Å². The Morgan fingerprint density at radius 3 is 2.09 bits per heavy atom. The van der Waals surface area contributed by atoms with E-state index in [1.165, 1.54) is 19.1 Å². The molecule has 0 spiro atoms. The topological polar surface area (TPSA) is 228 Å². The molecular weight excluding hydrogens is 428 g/mol. The first-order chi connectivity index (χ1) is 14.9. The molecule has 0 aromatic heterocycles. The van der Waals surface area contributed by atoms with Crippen molar-refractivity contribution in [3.63, 3.8) is 0 Å². The number of aromatic hydroxyl groups is 1. The zero-order valence-electron chi connectivity index (χ0n) is 17.1. The predicted molar refractivity (Wildman–Crippen MR) is 108 cm³/mol. The summed E-state index contributed by atoms with van der Waals surface area (Å²) in [6.45, 7) is 0.504. The highest BCUT2D eigenvalue weighted by Crippen LogP contribution is 2.11. The Bertz CT molecular complexity index is 842. The van der Waals surface area contributed by atoms with Gasteiger partial charge in [0.2, 0.25) is 17.7 Å². The molecule has 4 atom stereocenters. The van der Waals surface area contributed by atoms with Gasteiger partial charge in [0.05, 0.1) is 25.1 Å². The van der Waals surface area contributed by atoms with Gasteiger partial charge in [0.25, 0.3) is 0 Å². The van der Waals surface area contributed by atoms with Crippen LogP contribution >= 0.6 is 0 Å². The molecule has 1 rings (SSSR count). The predicted octanol–water partition coefficient (Wildman–Crippen LogP) is -2.71. The van der Waals surface area contributed by atoms with Crippen molar-refractivity contribution in [2.45, 2.75) is 44.0 Å². The number of benzene rings is 1. The third kappa shape index (κ3) is 8.97. The van der Waals surface area contributed by atoms with Gasteiger partial charge in [-0.05, 0) is 31.0 Å². The first-order valence-corrected chi connectivity index (χ1v) is 9.44. The largest absolute Gasteiger partial charge is 0.508 e. The van der Waals surface area contributed by atoms with Crippen LogP contribution in [0.2, 0.25) is 0 Å². The number of hydrogen-bond acceptors (Lipinski definition) is 8. The number of nitrogens with two attached hydrogens (primary N) is 1. The van der Waals surface area contributed by atoms with Gasteiger partial charge in [0, 0.05) is 0 Å². The average molecular weight is 454 g/mol. The molecule has 0 radical (unpaired) electrons. The smallest absolute Gasteiger partial charge is 0.326 e. The molecule has 1 aromatic rings. The Morgan fingerprint density at radius 1 is 1.00 bits per heavy atom. The number of nitrogens with one attached hydrogen (secondary N) is 3. The van der Waals surface area contributed by atoms with Crippen molar-refractivity contribution in [2.75, 3.05) is 6.54 Å². The van der Waals surface area contributed by atoms with Gasteiger partial charge in [0.15, 0.2) is 0 Å². The van der Waals surface area contributed by atoms with E-state index < -0.39 is 66.9 Å². The van der Waals surface area contributed by atoms with E-state index in [-0.39, 0.29) is 12.2 Å². The van der Waals surface area contributed by atoms with Crippen LogP contribution in [-0.4, -0.2) is 80.9 Å². The molecule has 0 aliphatic carbocycles. The van der Waals surface area contributed by atoms with Crippen LogP contribution < -0.4 is 21.7 Å². The molecule has 4 unspecified atom stereocenters. The number of phenolic OH excluding ortho intramolecular Hbond substituents is 1. The van der Waals surface area contributed by atoms with Gasteiger partial charge in [0.1, 0.15) is 17.8 Å². The minimum atomic E-state index is -1.69. The number of carboxylic acids is 2. The van der Waals surface area contributed by atoms with E-state index in [0.29, 0.717) is 5.56 Å². The van der Waals surface area contributed by atoms with Crippen molar-refractivity contribution in [1.82, 2.24) is 16.0 Å². The van der Waals surface area contributed by atoms with Crippen molar-refractivity contribution in [3.8, 4) is 5.75 Å². The lowest BCUT2D eigenvalue weighted by Crippen LogP contribution is -2.57. The molecule has 9 N–H and O–H groups in total. The number of carbonyl (C=O) groups is 5. The molecule has 13 heteroatoms. The number of aliphatic hydroxyl groups excluding tert-OH is 1. The molecule has 3 amide bonds. The van der Waals surface area contributed by atoms with Gasteiger partial charge in [-0.2, -0.15) is 0 Å². The second-order valence-electron chi connectivity index (χ2n) is 6.98. The quantitative estimate of drug-likeness (QED) is 0.163. The van der Waals surface area contributed by atoms with Crippen molar-refractivity contribution in [1.29, 1.82) is 0 Å². The lowest BCUT2D eigenvalue weighted by Gasteiger charge is -2.23. The number of aliphatic carboxylic acids is 2. The standard InChI is InChI=1S/C19H26N4O9/c1-9(24)16(23-17(29)12(20)6-10-2-4-11(25)5-3-10)18(30)21-8-14(26)22-13(19(31)32)7-15(27)28/h2-5,9,12-13,16,24-25H,6-8,20H2,1H3,(H,21,30)(H,22,26)(H,23,29)(H,27,28)(H,31,32).